The zero-order valence-corrected chi connectivity index (χ0v) is 15.3. The molecule has 6 nitrogen and oxygen atoms in total. The van der Waals surface area contributed by atoms with Crippen LogP contribution >= 0.6 is 0 Å². The van der Waals surface area contributed by atoms with Gasteiger partial charge in [0.1, 0.15) is 0 Å². The van der Waals surface area contributed by atoms with Crippen molar-refractivity contribution in [1.29, 1.82) is 0 Å². The van der Waals surface area contributed by atoms with Crippen LogP contribution in [0.5, 0.6) is 0 Å². The van der Waals surface area contributed by atoms with Crippen molar-refractivity contribution in [3.05, 3.63) is 0 Å². The molecule has 2 heterocycles. The first-order valence-corrected chi connectivity index (χ1v) is 7.46. The largest absolute Gasteiger partial charge is 1.00 e. The number of hydrogen-bond donors (Lipinski definition) is 0. The van der Waals surface area contributed by atoms with Gasteiger partial charge in [-0.15, -0.1) is 0 Å². The summed E-state index contributed by atoms with van der Waals surface area (Å²) in [4.78, 5) is 0. The summed E-state index contributed by atoms with van der Waals surface area (Å²) in [6.07, 6.45) is 2.56. The third-order valence-electron chi connectivity index (χ3n) is 2.69. The van der Waals surface area contributed by atoms with Crippen LogP contribution in [-0.2, 0) is 28.4 Å². The van der Waals surface area contributed by atoms with Gasteiger partial charge in [0.15, 0.2) is 0 Å². The Morgan fingerprint density at radius 3 is 0.619 bits per heavy atom. The van der Waals surface area contributed by atoms with E-state index >= 15 is 0 Å². The molecular formula is C14H28NaO6+. The molecule has 2 saturated heterocycles. The number of hydrogen-bond acceptors (Lipinski definition) is 6. The van der Waals surface area contributed by atoms with E-state index in [0.717, 1.165) is 13.2 Å². The molecule has 0 radical (unpaired) electrons. The minimum atomic E-state index is 0. The van der Waals surface area contributed by atoms with Gasteiger partial charge in [0, 0.05) is 13.2 Å². The zero-order chi connectivity index (χ0) is 14.1. The van der Waals surface area contributed by atoms with Gasteiger partial charge in [0.25, 0.3) is 0 Å². The van der Waals surface area contributed by atoms with E-state index in [-0.39, 0.29) is 29.6 Å². The maximum atomic E-state index is 5.28. The number of ether oxygens (including phenoxy) is 6. The maximum Gasteiger partial charge on any atom is 1.00 e. The van der Waals surface area contributed by atoms with Crippen molar-refractivity contribution in [2.24, 2.45) is 0 Å². The van der Waals surface area contributed by atoms with E-state index in [2.05, 4.69) is 0 Å². The Labute approximate surface area is 150 Å². The van der Waals surface area contributed by atoms with Gasteiger partial charge >= 0.3 is 29.6 Å². The topological polar surface area (TPSA) is 55.4 Å². The molecule has 0 atom stereocenters. The Bertz CT molecular complexity index is 126. The van der Waals surface area contributed by atoms with Crippen molar-refractivity contribution in [3.63, 3.8) is 0 Å². The summed E-state index contributed by atoms with van der Waals surface area (Å²) in [5.74, 6) is 0. The van der Waals surface area contributed by atoms with E-state index in [0.29, 0.717) is 66.1 Å². The zero-order valence-electron chi connectivity index (χ0n) is 13.3. The predicted molar refractivity (Wildman–Crippen MR) is 74.1 cm³/mol. The molecule has 0 N–H and O–H groups in total. The van der Waals surface area contributed by atoms with Crippen molar-refractivity contribution in [2.45, 2.75) is 12.8 Å². The van der Waals surface area contributed by atoms with Gasteiger partial charge in [-0.25, -0.2) is 0 Å². The van der Waals surface area contributed by atoms with Gasteiger partial charge in [-0.2, -0.15) is 0 Å². The molecule has 0 amide bonds. The number of rotatable bonds is 0. The van der Waals surface area contributed by atoms with Crippen LogP contribution in [-0.4, -0.2) is 79.3 Å². The van der Waals surface area contributed by atoms with Crippen LogP contribution in [0.2, 0.25) is 0 Å². The van der Waals surface area contributed by atoms with Crippen molar-refractivity contribution in [1.82, 2.24) is 0 Å². The van der Waals surface area contributed by atoms with Crippen molar-refractivity contribution in [3.8, 4) is 0 Å². The van der Waals surface area contributed by atoms with Crippen LogP contribution in [0.15, 0.2) is 0 Å². The first-order valence-electron chi connectivity index (χ1n) is 7.46. The maximum absolute atomic E-state index is 5.28. The molecule has 0 aromatic carbocycles. The smallest absolute Gasteiger partial charge is 0.381 e. The normalized spacial score (nSPS) is 22.9. The summed E-state index contributed by atoms with van der Waals surface area (Å²) in [7, 11) is 0. The van der Waals surface area contributed by atoms with Gasteiger partial charge < -0.3 is 28.4 Å². The van der Waals surface area contributed by atoms with Crippen LogP contribution < -0.4 is 29.6 Å². The van der Waals surface area contributed by atoms with Crippen LogP contribution in [0.25, 0.3) is 0 Å². The molecule has 2 aliphatic heterocycles. The Kier molecular flexibility index (Phi) is 19.5. The monoisotopic (exact) mass is 315 g/mol. The van der Waals surface area contributed by atoms with E-state index in [1.165, 1.54) is 12.8 Å². The third-order valence-corrected chi connectivity index (χ3v) is 2.69. The van der Waals surface area contributed by atoms with Crippen molar-refractivity contribution in [2.75, 3.05) is 79.3 Å². The van der Waals surface area contributed by atoms with Crippen molar-refractivity contribution < 1.29 is 58.0 Å². The summed E-state index contributed by atoms with van der Waals surface area (Å²) in [5.41, 5.74) is 0. The average Bonchev–Trinajstić information content (AvgIpc) is 3.03. The summed E-state index contributed by atoms with van der Waals surface area (Å²) in [6, 6.07) is 0. The third kappa shape index (κ3) is 17.0. The summed E-state index contributed by atoms with van der Waals surface area (Å²) >= 11 is 0. The van der Waals surface area contributed by atoms with Crippen LogP contribution in [0.4, 0.5) is 0 Å². The average molecular weight is 315 g/mol. The van der Waals surface area contributed by atoms with E-state index in [4.69, 9.17) is 28.4 Å². The molecule has 0 saturated carbocycles. The first kappa shape index (κ1) is 21.8. The molecule has 0 aromatic heterocycles. The summed E-state index contributed by atoms with van der Waals surface area (Å²) in [6.45, 7) is 8.11. The molecule has 21 heavy (non-hydrogen) atoms. The second kappa shape index (κ2) is 18.8. The van der Waals surface area contributed by atoms with Gasteiger partial charge in [0.05, 0.1) is 66.1 Å². The van der Waals surface area contributed by atoms with Crippen LogP contribution in [0.3, 0.4) is 0 Å². The summed E-state index contributed by atoms with van der Waals surface area (Å²) in [5, 5.41) is 0. The minimum absolute atomic E-state index is 0. The Morgan fingerprint density at radius 2 is 0.476 bits per heavy atom. The molecule has 2 rings (SSSR count). The second-order valence-corrected chi connectivity index (χ2v) is 4.38. The van der Waals surface area contributed by atoms with Gasteiger partial charge in [-0.1, -0.05) is 0 Å². The minimum Gasteiger partial charge on any atom is -0.381 e. The first-order chi connectivity index (χ1) is 10.0. The Hall–Kier alpha value is 0.760. The van der Waals surface area contributed by atoms with Gasteiger partial charge in [-0.05, 0) is 12.8 Å². The molecule has 120 valence electrons. The molecule has 0 aromatic rings. The molecule has 0 bridgehead atoms. The molecule has 2 fully saturated rings. The van der Waals surface area contributed by atoms with E-state index < -0.39 is 0 Å². The van der Waals surface area contributed by atoms with Gasteiger partial charge in [-0.3, -0.25) is 0 Å². The fraction of sp³-hybridized carbons (Fsp3) is 1.00. The van der Waals surface area contributed by atoms with E-state index in [9.17, 15) is 0 Å². The Morgan fingerprint density at radius 1 is 0.286 bits per heavy atom. The standard InChI is InChI=1S/C10H20O5.C4H8O.Na/c1-2-12-5-6-14-9-10-15-8-7-13-4-3-11-1;1-2-4-5-3-1;/h1-10H2;1-4H2;/q;;+1. The molecule has 2 aliphatic rings. The SMILES string of the molecule is C1CCOC1.C1COCCOCCOCCOCCO1.[Na+]. The second-order valence-electron chi connectivity index (χ2n) is 4.38. The summed E-state index contributed by atoms with van der Waals surface area (Å²) < 4.78 is 31.3. The van der Waals surface area contributed by atoms with Crippen LogP contribution in [0.1, 0.15) is 12.8 Å². The van der Waals surface area contributed by atoms with E-state index in [1.54, 1.807) is 0 Å². The van der Waals surface area contributed by atoms with Crippen molar-refractivity contribution >= 4 is 0 Å². The van der Waals surface area contributed by atoms with E-state index in [1.807, 2.05) is 0 Å². The van der Waals surface area contributed by atoms with Gasteiger partial charge in [0.2, 0.25) is 0 Å². The fourth-order valence-electron chi connectivity index (χ4n) is 1.61. The molecule has 0 unspecified atom stereocenters. The quantitative estimate of drug-likeness (QED) is 0.477. The molecule has 0 aliphatic carbocycles. The fourth-order valence-corrected chi connectivity index (χ4v) is 1.61. The molecular weight excluding hydrogens is 287 g/mol. The van der Waals surface area contributed by atoms with Crippen LogP contribution in [0, 0.1) is 0 Å². The molecule has 0 spiro atoms. The Balaban J connectivity index is 0.000000562. The molecule has 7 heteroatoms. The predicted octanol–water partition coefficient (Wildman–Crippen LogP) is -2.12.